The van der Waals surface area contributed by atoms with E-state index in [1.165, 1.54) is 0 Å². The Balaban J connectivity index is 1.82. The third kappa shape index (κ3) is 6.05. The van der Waals surface area contributed by atoms with E-state index in [9.17, 15) is 9.59 Å². The summed E-state index contributed by atoms with van der Waals surface area (Å²) in [5.41, 5.74) is 1.05. The first-order valence-electron chi connectivity index (χ1n) is 9.58. The quantitative estimate of drug-likeness (QED) is 0.704. The van der Waals surface area contributed by atoms with Crippen molar-refractivity contribution in [2.24, 2.45) is 5.92 Å². The van der Waals surface area contributed by atoms with Crippen molar-refractivity contribution in [2.45, 2.75) is 33.1 Å². The Morgan fingerprint density at radius 1 is 1.22 bits per heavy atom. The maximum Gasteiger partial charge on any atom is 0.317 e. The number of nitrogens with one attached hydrogen (secondary N) is 1. The number of benzene rings is 1. The topological polar surface area (TPSA) is 77.1 Å². The van der Waals surface area contributed by atoms with Gasteiger partial charge in [0.2, 0.25) is 0 Å². The zero-order chi connectivity index (χ0) is 19.6. The summed E-state index contributed by atoms with van der Waals surface area (Å²) >= 11 is 0. The molecule has 1 aromatic carbocycles. The van der Waals surface area contributed by atoms with Crippen LogP contribution >= 0.6 is 0 Å². The lowest BCUT2D eigenvalue weighted by Gasteiger charge is -2.31. The van der Waals surface area contributed by atoms with Crippen LogP contribution in [0, 0.1) is 5.92 Å². The Bertz CT molecular complexity index is 635. The minimum Gasteiger partial charge on any atom is -0.493 e. The van der Waals surface area contributed by atoms with Gasteiger partial charge in [0.25, 0.3) is 0 Å². The molecule has 1 heterocycles. The van der Waals surface area contributed by atoms with Gasteiger partial charge < -0.3 is 24.4 Å². The molecule has 0 aromatic heterocycles. The molecule has 1 aliphatic heterocycles. The zero-order valence-electron chi connectivity index (χ0n) is 16.5. The number of nitrogens with zero attached hydrogens (tertiary/aromatic N) is 1. The third-order valence-electron chi connectivity index (χ3n) is 4.55. The van der Waals surface area contributed by atoms with Crippen LogP contribution in [0.15, 0.2) is 18.2 Å². The maximum absolute atomic E-state index is 12.4. The highest BCUT2D eigenvalue weighted by Crippen LogP contribution is 2.28. The summed E-state index contributed by atoms with van der Waals surface area (Å²) in [4.78, 5) is 26.0. The minimum absolute atomic E-state index is 0.137. The maximum atomic E-state index is 12.4. The minimum atomic E-state index is -0.222. The van der Waals surface area contributed by atoms with E-state index in [1.807, 2.05) is 25.1 Å². The summed E-state index contributed by atoms with van der Waals surface area (Å²) in [6, 6.07) is 5.64. The second-order valence-corrected chi connectivity index (χ2v) is 6.44. The van der Waals surface area contributed by atoms with Gasteiger partial charge in [-0.05, 0) is 50.8 Å². The Hall–Kier alpha value is -2.44. The summed E-state index contributed by atoms with van der Waals surface area (Å²) < 4.78 is 15.9. The van der Waals surface area contributed by atoms with E-state index >= 15 is 0 Å². The van der Waals surface area contributed by atoms with Crippen LogP contribution < -0.4 is 14.8 Å². The van der Waals surface area contributed by atoms with Crippen LogP contribution in [0.2, 0.25) is 0 Å². The van der Waals surface area contributed by atoms with Gasteiger partial charge in [-0.3, -0.25) is 4.79 Å². The average molecular weight is 378 g/mol. The van der Waals surface area contributed by atoms with Gasteiger partial charge in [-0.2, -0.15) is 0 Å². The number of urea groups is 1. The van der Waals surface area contributed by atoms with Gasteiger partial charge in [-0.15, -0.1) is 0 Å². The fourth-order valence-corrected chi connectivity index (χ4v) is 3.18. The molecule has 0 spiro atoms. The summed E-state index contributed by atoms with van der Waals surface area (Å²) in [5, 5.41) is 2.93. The van der Waals surface area contributed by atoms with E-state index < -0.39 is 0 Å². The molecule has 150 valence electrons. The number of likely N-dealkylation sites (tertiary alicyclic amines) is 1. The van der Waals surface area contributed by atoms with Gasteiger partial charge in [0.05, 0.1) is 26.2 Å². The molecule has 1 unspecified atom stereocenters. The molecule has 2 amide bonds. The number of amides is 2. The molecule has 1 N–H and O–H groups in total. The van der Waals surface area contributed by atoms with Crippen molar-refractivity contribution in [3.05, 3.63) is 23.8 Å². The molecule has 1 saturated heterocycles. The molecule has 0 saturated carbocycles. The molecule has 7 heteroatoms. The van der Waals surface area contributed by atoms with Crippen LogP contribution in [0.4, 0.5) is 4.79 Å². The van der Waals surface area contributed by atoms with Gasteiger partial charge in [0.1, 0.15) is 0 Å². The molecule has 1 aromatic rings. The van der Waals surface area contributed by atoms with Crippen molar-refractivity contribution in [3.63, 3.8) is 0 Å². The van der Waals surface area contributed by atoms with Gasteiger partial charge in [-0.1, -0.05) is 6.07 Å². The summed E-state index contributed by atoms with van der Waals surface area (Å²) in [6.45, 7) is 6.26. The van der Waals surface area contributed by atoms with E-state index in [-0.39, 0.29) is 17.9 Å². The number of ether oxygens (including phenoxy) is 3. The standard InChI is InChI=1S/C20H30N2O5/c1-4-26-17-9-8-15(13-18(17)25-3)10-11-21-20(24)22-12-6-7-16(14-22)19(23)27-5-2/h8-9,13,16H,4-7,10-12,14H2,1-3H3,(H,21,24). The van der Waals surface area contributed by atoms with Crippen molar-refractivity contribution < 1.29 is 23.8 Å². The van der Waals surface area contributed by atoms with Crippen LogP contribution in [0.3, 0.4) is 0 Å². The van der Waals surface area contributed by atoms with Crippen LogP contribution in [0.5, 0.6) is 11.5 Å². The normalized spacial score (nSPS) is 16.6. The molecule has 27 heavy (non-hydrogen) atoms. The monoisotopic (exact) mass is 378 g/mol. The Labute approximate surface area is 161 Å². The van der Waals surface area contributed by atoms with Gasteiger partial charge in [0, 0.05) is 19.6 Å². The molecule has 0 radical (unpaired) electrons. The summed E-state index contributed by atoms with van der Waals surface area (Å²) in [6.07, 6.45) is 2.27. The highest BCUT2D eigenvalue weighted by Gasteiger charge is 2.29. The smallest absolute Gasteiger partial charge is 0.317 e. The second kappa shape index (κ2) is 10.6. The van der Waals surface area contributed by atoms with E-state index in [0.717, 1.165) is 18.4 Å². The number of rotatable bonds is 8. The van der Waals surface area contributed by atoms with E-state index in [0.29, 0.717) is 50.8 Å². The van der Waals surface area contributed by atoms with E-state index in [2.05, 4.69) is 5.32 Å². The highest BCUT2D eigenvalue weighted by atomic mass is 16.5. The molecule has 1 aliphatic rings. The van der Waals surface area contributed by atoms with E-state index in [1.54, 1.807) is 18.9 Å². The Morgan fingerprint density at radius 3 is 2.74 bits per heavy atom. The molecule has 2 rings (SSSR count). The third-order valence-corrected chi connectivity index (χ3v) is 4.55. The average Bonchev–Trinajstić information content (AvgIpc) is 2.69. The second-order valence-electron chi connectivity index (χ2n) is 6.44. The fraction of sp³-hybridized carbons (Fsp3) is 0.600. The van der Waals surface area contributed by atoms with Crippen molar-refractivity contribution >= 4 is 12.0 Å². The van der Waals surface area contributed by atoms with Gasteiger partial charge in [0.15, 0.2) is 11.5 Å². The molecular weight excluding hydrogens is 348 g/mol. The predicted molar refractivity (Wildman–Crippen MR) is 102 cm³/mol. The SMILES string of the molecule is CCOC(=O)C1CCCN(C(=O)NCCc2ccc(OCC)c(OC)c2)C1. The number of esters is 1. The number of hydrogen-bond donors (Lipinski definition) is 1. The number of carbonyl (C=O) groups excluding carboxylic acids is 2. The van der Waals surface area contributed by atoms with E-state index in [4.69, 9.17) is 14.2 Å². The Morgan fingerprint density at radius 2 is 2.04 bits per heavy atom. The van der Waals surface area contributed by atoms with Crippen LogP contribution in [0.1, 0.15) is 32.3 Å². The molecule has 1 fully saturated rings. The largest absolute Gasteiger partial charge is 0.493 e. The lowest BCUT2D eigenvalue weighted by molar-refractivity contribution is -0.149. The number of carbonyl (C=O) groups is 2. The van der Waals surface area contributed by atoms with Crippen molar-refractivity contribution in [1.29, 1.82) is 0 Å². The molecule has 0 aliphatic carbocycles. The fourth-order valence-electron chi connectivity index (χ4n) is 3.18. The summed E-state index contributed by atoms with van der Waals surface area (Å²) in [5.74, 6) is 0.969. The Kier molecular flexibility index (Phi) is 8.23. The van der Waals surface area contributed by atoms with Crippen molar-refractivity contribution in [1.82, 2.24) is 10.2 Å². The van der Waals surface area contributed by atoms with Crippen LogP contribution in [-0.2, 0) is 16.0 Å². The van der Waals surface area contributed by atoms with Crippen LogP contribution in [0.25, 0.3) is 0 Å². The lowest BCUT2D eigenvalue weighted by Crippen LogP contribution is -2.47. The number of methoxy groups -OCH3 is 1. The first kappa shape index (κ1) is 20.9. The lowest BCUT2D eigenvalue weighted by atomic mass is 9.98. The van der Waals surface area contributed by atoms with Crippen molar-refractivity contribution in [3.8, 4) is 11.5 Å². The zero-order valence-corrected chi connectivity index (χ0v) is 16.5. The highest BCUT2D eigenvalue weighted by molar-refractivity contribution is 5.77. The van der Waals surface area contributed by atoms with Gasteiger partial charge in [-0.25, -0.2) is 4.79 Å². The number of hydrogen-bond acceptors (Lipinski definition) is 5. The molecule has 1 atom stereocenters. The van der Waals surface area contributed by atoms with Crippen LogP contribution in [-0.4, -0.2) is 56.9 Å². The first-order valence-corrected chi connectivity index (χ1v) is 9.58. The van der Waals surface area contributed by atoms with Gasteiger partial charge >= 0.3 is 12.0 Å². The number of piperidine rings is 1. The van der Waals surface area contributed by atoms with Crippen molar-refractivity contribution in [2.75, 3.05) is 40.0 Å². The molecule has 0 bridgehead atoms. The predicted octanol–water partition coefficient (Wildman–Crippen LogP) is 2.62. The molecule has 7 nitrogen and oxygen atoms in total. The molecular formula is C20H30N2O5. The summed E-state index contributed by atoms with van der Waals surface area (Å²) in [7, 11) is 1.61. The first-order chi connectivity index (χ1) is 13.1.